The summed E-state index contributed by atoms with van der Waals surface area (Å²) in [4.78, 5) is 32.9. The summed E-state index contributed by atoms with van der Waals surface area (Å²) in [6.07, 6.45) is 6.79. The molecule has 1 N–H and O–H groups in total. The number of pyridine rings is 1. The molecule has 0 radical (unpaired) electrons. The molecule has 2 heterocycles. The zero-order valence-electron chi connectivity index (χ0n) is 17.2. The molecular formula is C22H26F2N4O3. The molecule has 1 aromatic heterocycles. The zero-order valence-corrected chi connectivity index (χ0v) is 17.2. The van der Waals surface area contributed by atoms with Gasteiger partial charge < -0.3 is 19.9 Å². The van der Waals surface area contributed by atoms with Crippen LogP contribution in [-0.4, -0.2) is 59.5 Å². The van der Waals surface area contributed by atoms with Gasteiger partial charge in [0.15, 0.2) is 5.75 Å². The van der Waals surface area contributed by atoms with Crippen LogP contribution in [0.1, 0.15) is 32.1 Å². The van der Waals surface area contributed by atoms with Crippen LogP contribution in [0.15, 0.2) is 30.5 Å². The van der Waals surface area contributed by atoms with Crippen LogP contribution in [0, 0.1) is 5.92 Å². The number of fused-ring (bicyclic) bond motifs is 1. The first kappa shape index (κ1) is 21.3. The van der Waals surface area contributed by atoms with Gasteiger partial charge in [0, 0.05) is 44.2 Å². The standard InChI is InChI=1S/C22H26F2N4O3/c23-21(24)31-18-8-7-17(16-6-3-9-25-20(16)18)26-22(30)28-12-10-27(11-13-28)19(29)14-15-4-1-2-5-15/h3,6-9,15,21H,1-2,4-5,10-14H2,(H,26,30). The van der Waals surface area contributed by atoms with Crippen LogP contribution in [0.4, 0.5) is 19.3 Å². The van der Waals surface area contributed by atoms with Crippen LogP contribution in [-0.2, 0) is 4.79 Å². The van der Waals surface area contributed by atoms with Crippen LogP contribution < -0.4 is 10.1 Å². The van der Waals surface area contributed by atoms with E-state index in [4.69, 9.17) is 0 Å². The van der Waals surface area contributed by atoms with Crippen LogP contribution in [0.25, 0.3) is 10.9 Å². The van der Waals surface area contributed by atoms with E-state index in [2.05, 4.69) is 15.0 Å². The Labute approximate surface area is 179 Å². The van der Waals surface area contributed by atoms with E-state index in [0.717, 1.165) is 12.8 Å². The number of carbonyl (C=O) groups excluding carboxylic acids is 2. The van der Waals surface area contributed by atoms with Gasteiger partial charge in [-0.1, -0.05) is 12.8 Å². The Balaban J connectivity index is 1.37. The van der Waals surface area contributed by atoms with Crippen molar-refractivity contribution in [2.24, 2.45) is 5.92 Å². The first-order valence-corrected chi connectivity index (χ1v) is 10.7. The molecule has 9 heteroatoms. The van der Waals surface area contributed by atoms with Crippen LogP contribution in [0.3, 0.4) is 0 Å². The highest BCUT2D eigenvalue weighted by Gasteiger charge is 2.27. The summed E-state index contributed by atoms with van der Waals surface area (Å²) in [7, 11) is 0. The summed E-state index contributed by atoms with van der Waals surface area (Å²) >= 11 is 0. The Kier molecular flexibility index (Phi) is 6.48. The lowest BCUT2D eigenvalue weighted by Gasteiger charge is -2.35. The molecule has 1 aliphatic carbocycles. The number of amides is 3. The van der Waals surface area contributed by atoms with Crippen molar-refractivity contribution in [2.75, 3.05) is 31.5 Å². The minimum atomic E-state index is -2.96. The van der Waals surface area contributed by atoms with Gasteiger partial charge in [-0.2, -0.15) is 8.78 Å². The normalized spacial score (nSPS) is 17.4. The summed E-state index contributed by atoms with van der Waals surface area (Å²) in [5.74, 6) is 0.643. The molecule has 2 fully saturated rings. The quantitative estimate of drug-likeness (QED) is 0.772. The molecule has 31 heavy (non-hydrogen) atoms. The third kappa shape index (κ3) is 5.03. The second kappa shape index (κ2) is 9.45. The topological polar surface area (TPSA) is 74.8 Å². The first-order chi connectivity index (χ1) is 15.0. The van der Waals surface area contributed by atoms with Gasteiger partial charge >= 0.3 is 12.6 Å². The molecule has 1 aliphatic heterocycles. The van der Waals surface area contributed by atoms with E-state index in [9.17, 15) is 18.4 Å². The maximum atomic E-state index is 12.8. The van der Waals surface area contributed by atoms with Crippen molar-refractivity contribution >= 4 is 28.5 Å². The van der Waals surface area contributed by atoms with E-state index in [0.29, 0.717) is 49.6 Å². The van der Waals surface area contributed by atoms with Crippen molar-refractivity contribution in [1.29, 1.82) is 0 Å². The minimum absolute atomic E-state index is 0.0435. The van der Waals surface area contributed by atoms with Gasteiger partial charge in [-0.15, -0.1) is 0 Å². The molecular weight excluding hydrogens is 406 g/mol. The van der Waals surface area contributed by atoms with E-state index in [1.807, 2.05) is 4.90 Å². The van der Waals surface area contributed by atoms with Gasteiger partial charge in [0.05, 0.1) is 5.69 Å². The highest BCUT2D eigenvalue weighted by Crippen LogP contribution is 2.31. The molecule has 1 saturated carbocycles. The number of benzene rings is 1. The van der Waals surface area contributed by atoms with Crippen molar-refractivity contribution in [2.45, 2.75) is 38.7 Å². The van der Waals surface area contributed by atoms with Crippen molar-refractivity contribution in [1.82, 2.24) is 14.8 Å². The molecule has 0 unspecified atom stereocenters. The number of hydrogen-bond acceptors (Lipinski definition) is 4. The van der Waals surface area contributed by atoms with Gasteiger partial charge in [0.25, 0.3) is 0 Å². The number of nitrogens with one attached hydrogen (secondary N) is 1. The lowest BCUT2D eigenvalue weighted by molar-refractivity contribution is -0.133. The fraction of sp³-hybridized carbons (Fsp3) is 0.500. The van der Waals surface area contributed by atoms with Gasteiger partial charge in [-0.3, -0.25) is 9.78 Å². The van der Waals surface area contributed by atoms with Crippen LogP contribution in [0.5, 0.6) is 5.75 Å². The predicted octanol–water partition coefficient (Wildman–Crippen LogP) is 4.09. The molecule has 7 nitrogen and oxygen atoms in total. The number of nitrogens with zero attached hydrogens (tertiary/aromatic N) is 3. The van der Waals surface area contributed by atoms with Crippen molar-refractivity contribution in [3.63, 3.8) is 0 Å². The number of carbonyl (C=O) groups is 2. The summed E-state index contributed by atoms with van der Waals surface area (Å²) in [6, 6.07) is 5.96. The fourth-order valence-corrected chi connectivity index (χ4v) is 4.39. The van der Waals surface area contributed by atoms with E-state index >= 15 is 0 Å². The van der Waals surface area contributed by atoms with Gasteiger partial charge in [-0.05, 0) is 43.0 Å². The number of halogens is 2. The maximum absolute atomic E-state index is 12.8. The number of piperazine rings is 1. The molecule has 4 rings (SSSR count). The number of alkyl halides is 2. The zero-order chi connectivity index (χ0) is 21.8. The summed E-state index contributed by atoms with van der Waals surface area (Å²) in [5.41, 5.74) is 0.720. The van der Waals surface area contributed by atoms with Crippen molar-refractivity contribution < 1.29 is 23.1 Å². The fourth-order valence-electron chi connectivity index (χ4n) is 4.39. The lowest BCUT2D eigenvalue weighted by Crippen LogP contribution is -2.51. The Morgan fingerprint density at radius 1 is 1.10 bits per heavy atom. The second-order valence-electron chi connectivity index (χ2n) is 8.04. The molecule has 3 amide bonds. The Hall–Kier alpha value is -2.97. The third-order valence-corrected chi connectivity index (χ3v) is 6.05. The van der Waals surface area contributed by atoms with Crippen molar-refractivity contribution in [3.8, 4) is 5.75 Å². The number of hydrogen-bond donors (Lipinski definition) is 1. The van der Waals surface area contributed by atoms with Gasteiger partial charge in [-0.25, -0.2) is 4.79 Å². The number of anilines is 1. The lowest BCUT2D eigenvalue weighted by atomic mass is 10.0. The molecule has 2 aromatic rings. The van der Waals surface area contributed by atoms with E-state index < -0.39 is 6.61 Å². The van der Waals surface area contributed by atoms with Crippen LogP contribution >= 0.6 is 0 Å². The highest BCUT2D eigenvalue weighted by atomic mass is 19.3. The van der Waals surface area contributed by atoms with Gasteiger partial charge in [0.2, 0.25) is 5.91 Å². The Bertz CT molecular complexity index is 941. The molecule has 166 valence electrons. The number of rotatable bonds is 5. The van der Waals surface area contributed by atoms with Crippen molar-refractivity contribution in [3.05, 3.63) is 30.5 Å². The summed E-state index contributed by atoms with van der Waals surface area (Å²) in [5, 5.41) is 3.35. The molecule has 1 saturated heterocycles. The average molecular weight is 432 g/mol. The molecule has 2 aliphatic rings. The third-order valence-electron chi connectivity index (χ3n) is 6.05. The number of aromatic nitrogens is 1. The molecule has 1 aromatic carbocycles. The maximum Gasteiger partial charge on any atom is 0.387 e. The number of urea groups is 1. The summed E-state index contributed by atoms with van der Waals surface area (Å²) < 4.78 is 29.8. The Morgan fingerprint density at radius 3 is 2.52 bits per heavy atom. The van der Waals surface area contributed by atoms with E-state index in [-0.39, 0.29) is 23.2 Å². The second-order valence-corrected chi connectivity index (χ2v) is 8.04. The predicted molar refractivity (Wildman–Crippen MR) is 112 cm³/mol. The highest BCUT2D eigenvalue weighted by molar-refractivity contribution is 6.02. The average Bonchev–Trinajstić information content (AvgIpc) is 3.28. The molecule has 0 atom stereocenters. The van der Waals surface area contributed by atoms with Gasteiger partial charge in [0.1, 0.15) is 5.52 Å². The minimum Gasteiger partial charge on any atom is -0.432 e. The van der Waals surface area contributed by atoms with Crippen LogP contribution in [0.2, 0.25) is 0 Å². The smallest absolute Gasteiger partial charge is 0.387 e. The molecule has 0 spiro atoms. The molecule has 0 bridgehead atoms. The largest absolute Gasteiger partial charge is 0.432 e. The number of ether oxygens (including phenoxy) is 1. The SMILES string of the molecule is O=C(CC1CCCC1)N1CCN(C(=O)Nc2ccc(OC(F)F)c3ncccc23)CC1. The Morgan fingerprint density at radius 2 is 1.81 bits per heavy atom. The monoisotopic (exact) mass is 432 g/mol. The first-order valence-electron chi connectivity index (χ1n) is 10.7. The van der Waals surface area contributed by atoms with E-state index in [1.54, 1.807) is 17.0 Å². The van der Waals surface area contributed by atoms with E-state index in [1.165, 1.54) is 31.2 Å². The summed E-state index contributed by atoms with van der Waals surface area (Å²) in [6.45, 7) is -1.03.